The van der Waals surface area contributed by atoms with E-state index in [9.17, 15) is 0 Å². The van der Waals surface area contributed by atoms with E-state index in [4.69, 9.17) is 28.7 Å². The zero-order valence-corrected chi connectivity index (χ0v) is 11.3. The first-order valence-corrected chi connectivity index (χ1v) is 6.57. The second-order valence-corrected chi connectivity index (χ2v) is 5.37. The molecule has 0 amide bonds. The second kappa shape index (κ2) is 9.71. The van der Waals surface area contributed by atoms with Crippen LogP contribution in [0.2, 0.25) is 0 Å². The Labute approximate surface area is 103 Å². The molecule has 0 aliphatic carbocycles. The van der Waals surface area contributed by atoms with Gasteiger partial charge >= 0.3 is 37.1 Å². The predicted octanol–water partition coefficient (Wildman–Crippen LogP) is -3.28. The monoisotopic (exact) mass is 324 g/mol. The van der Waals surface area contributed by atoms with Crippen LogP contribution in [0.3, 0.4) is 0 Å². The first-order chi connectivity index (χ1) is 4.00. The summed E-state index contributed by atoms with van der Waals surface area (Å²) in [7, 11) is 0. The van der Waals surface area contributed by atoms with Crippen molar-refractivity contribution in [2.45, 2.75) is 0 Å². The minimum atomic E-state index is -4.56. The number of rotatable bonds is 0. The van der Waals surface area contributed by atoms with Gasteiger partial charge in [-0.25, -0.2) is 13.6 Å². The minimum absolute atomic E-state index is 0. The fourth-order valence-electron chi connectivity index (χ4n) is 0. The molecule has 0 radical (unpaired) electrons. The standard InChI is InChI=1S/2H3O3PS.2V/c2*1-4(2,3)5;;/h2*(H3,1,2,3,5);;/q;;2*+3/p-6. The molecule has 0 aliphatic heterocycles. The van der Waals surface area contributed by atoms with E-state index in [1.807, 2.05) is 0 Å². The maximum atomic E-state index is 8.92. The maximum Gasteiger partial charge on any atom is 3.00 e. The molecule has 68 valence electrons. The van der Waals surface area contributed by atoms with Crippen molar-refractivity contribution in [1.29, 1.82) is 0 Å². The Hall–Kier alpha value is 2.17. The largest absolute Gasteiger partial charge is 3.00 e. The van der Waals surface area contributed by atoms with Gasteiger partial charge in [0.05, 0.1) is 0 Å². The van der Waals surface area contributed by atoms with Crippen LogP contribution in [0, 0.1) is 0 Å². The molecule has 0 atom stereocenters. The van der Waals surface area contributed by atoms with Crippen LogP contribution in [-0.2, 0) is 70.7 Å². The molecule has 0 rings (SSSR count). The van der Waals surface area contributed by atoms with Gasteiger partial charge in [-0.1, -0.05) is 0 Å². The van der Waals surface area contributed by atoms with Crippen LogP contribution in [0.1, 0.15) is 0 Å². The van der Waals surface area contributed by atoms with Crippen LogP contribution in [0.5, 0.6) is 0 Å². The van der Waals surface area contributed by atoms with E-state index in [1.54, 1.807) is 0 Å². The van der Waals surface area contributed by atoms with E-state index >= 15 is 0 Å². The minimum Gasteiger partial charge on any atom is -0.829 e. The summed E-state index contributed by atoms with van der Waals surface area (Å²) in [6, 6.07) is 0. The van der Waals surface area contributed by atoms with Crippen LogP contribution >= 0.6 is 13.6 Å². The molecule has 0 aromatic rings. The topological polar surface area (TPSA) is 126 Å². The summed E-state index contributed by atoms with van der Waals surface area (Å²) in [4.78, 5) is 35.7. The molecule has 0 aromatic carbocycles. The third kappa shape index (κ3) is 323. The molecule has 12 heavy (non-hydrogen) atoms. The summed E-state index contributed by atoms with van der Waals surface area (Å²) in [6.45, 7) is -9.11. The van der Waals surface area contributed by atoms with Crippen molar-refractivity contribution in [3.8, 4) is 0 Å². The summed E-state index contributed by atoms with van der Waals surface area (Å²) >= 11 is 6.54. The van der Waals surface area contributed by atoms with Gasteiger partial charge in [0.25, 0.3) is 0 Å². The molecule has 0 saturated heterocycles. The van der Waals surface area contributed by atoms with E-state index in [2.05, 4.69) is 24.5 Å². The van der Waals surface area contributed by atoms with E-state index in [1.165, 1.54) is 0 Å². The van der Waals surface area contributed by atoms with Crippen molar-refractivity contribution in [1.82, 2.24) is 0 Å². The summed E-state index contributed by atoms with van der Waals surface area (Å²) in [6.07, 6.45) is 0. The van der Waals surface area contributed by atoms with Gasteiger partial charge in [0.2, 0.25) is 0 Å². The van der Waals surface area contributed by atoms with Crippen molar-refractivity contribution in [3.05, 3.63) is 0 Å². The third-order valence-corrected chi connectivity index (χ3v) is 0. The van der Waals surface area contributed by atoms with Gasteiger partial charge in [-0.2, -0.15) is 0 Å². The van der Waals surface area contributed by atoms with Gasteiger partial charge in [0.1, 0.15) is 0 Å². The molecule has 0 heterocycles. The van der Waals surface area contributed by atoms with E-state index in [0.29, 0.717) is 0 Å². The van der Waals surface area contributed by atoms with E-state index in [0.717, 1.165) is 0 Å². The third-order valence-electron chi connectivity index (χ3n) is 0. The van der Waals surface area contributed by atoms with Crippen molar-refractivity contribution in [3.63, 3.8) is 0 Å². The molecular weight excluding hydrogens is 324 g/mol. The molecule has 0 saturated carbocycles. The molecule has 12 heteroatoms. The number of hydrogen-bond donors (Lipinski definition) is 0. The van der Waals surface area contributed by atoms with Crippen LogP contribution in [0.25, 0.3) is 0 Å². The fraction of sp³-hybridized carbons (Fsp3) is 0. The van der Waals surface area contributed by atoms with Crippen molar-refractivity contribution in [2.75, 3.05) is 0 Å². The smallest absolute Gasteiger partial charge is 0.829 e. The molecule has 0 bridgehead atoms. The van der Waals surface area contributed by atoms with Crippen molar-refractivity contribution in [2.24, 2.45) is 0 Å². The summed E-state index contributed by atoms with van der Waals surface area (Å²) in [5, 5.41) is 0. The Balaban J connectivity index is -0.0000000457. The zero-order chi connectivity index (χ0) is 9.00. The second-order valence-electron chi connectivity index (χ2n) is 0.894. The zero-order valence-electron chi connectivity index (χ0n) is 5.05. The molecule has 0 aromatic heterocycles. The van der Waals surface area contributed by atoms with Crippen molar-refractivity contribution >= 4 is 38.1 Å². The SMILES string of the molecule is O=P([O-])([O-])[S-].O=P([O-])([O-])[S-].[V+3].[V+3]. The Morgan fingerprint density at radius 2 is 0.750 bits per heavy atom. The first-order valence-electron chi connectivity index (χ1n) is 1.46. The predicted molar refractivity (Wildman–Crippen MR) is 29.9 cm³/mol. The first kappa shape index (κ1) is 23.8. The quantitative estimate of drug-likeness (QED) is 0.335. The Morgan fingerprint density at radius 3 is 0.750 bits per heavy atom. The van der Waals surface area contributed by atoms with E-state index < -0.39 is 13.6 Å². The average molecular weight is 324 g/mol. The van der Waals surface area contributed by atoms with Crippen LogP contribution < -0.4 is 19.6 Å². The average Bonchev–Trinajstić information content (AvgIpc) is 1.12. The molecular formula is O6P2S2V2. The fourth-order valence-corrected chi connectivity index (χ4v) is 0. The molecule has 0 spiro atoms. The molecule has 0 fully saturated rings. The van der Waals surface area contributed by atoms with Gasteiger partial charge < -0.3 is 53.2 Å². The Kier molecular flexibility index (Phi) is 19.2. The van der Waals surface area contributed by atoms with Gasteiger partial charge in [-0.05, 0) is 0 Å². The summed E-state index contributed by atoms with van der Waals surface area (Å²) in [5.74, 6) is 0. The summed E-state index contributed by atoms with van der Waals surface area (Å²) < 4.78 is 17.8. The van der Waals surface area contributed by atoms with Crippen LogP contribution in [0.15, 0.2) is 0 Å². The van der Waals surface area contributed by atoms with Gasteiger partial charge in [0.15, 0.2) is 0 Å². The van der Waals surface area contributed by atoms with Gasteiger partial charge in [-0.3, -0.25) is 0 Å². The maximum absolute atomic E-state index is 8.92. The summed E-state index contributed by atoms with van der Waals surface area (Å²) in [5.41, 5.74) is 0. The molecule has 0 unspecified atom stereocenters. The molecule has 6 nitrogen and oxygen atoms in total. The number of hydrogen-bond acceptors (Lipinski definition) is 8. The molecule has 0 aliphatic rings. The normalized spacial score (nSPS) is 9.83. The van der Waals surface area contributed by atoms with E-state index in [-0.39, 0.29) is 37.1 Å². The van der Waals surface area contributed by atoms with Gasteiger partial charge in [-0.15, -0.1) is 0 Å². The Bertz CT molecular complexity index is 134. The Morgan fingerprint density at radius 1 is 0.750 bits per heavy atom. The van der Waals surface area contributed by atoms with Crippen LogP contribution in [-0.4, -0.2) is 0 Å². The van der Waals surface area contributed by atoms with Gasteiger partial charge in [0, 0.05) is 0 Å². The molecule has 0 N–H and O–H groups in total. The van der Waals surface area contributed by atoms with Crippen LogP contribution in [0.4, 0.5) is 0 Å². The van der Waals surface area contributed by atoms with Crippen molar-refractivity contribution < 1.29 is 65.8 Å².